The number of carbonyl (C=O) groups excluding carboxylic acids is 2. The van der Waals surface area contributed by atoms with Crippen LogP contribution in [0.3, 0.4) is 0 Å². The molecule has 328 valence electrons. The molecule has 1 aromatic carbocycles. The maximum Gasteiger partial charge on any atom is 0.309 e. The fourth-order valence-corrected chi connectivity index (χ4v) is 14.8. The lowest BCUT2D eigenvalue weighted by Gasteiger charge is -2.72. The van der Waals surface area contributed by atoms with E-state index in [9.17, 15) is 24.6 Å². The van der Waals surface area contributed by atoms with Gasteiger partial charge in [0.25, 0.3) is 0 Å². The molecule has 6 aliphatic rings. The number of aliphatic carboxylic acids is 1. The van der Waals surface area contributed by atoms with E-state index in [1.807, 2.05) is 12.1 Å². The number of hydrogen-bond donors (Lipinski definition) is 2. The molecule has 1 aliphatic heterocycles. The van der Waals surface area contributed by atoms with E-state index in [4.69, 9.17) is 16.3 Å². The van der Waals surface area contributed by atoms with Gasteiger partial charge in [-0.05, 0) is 154 Å². The van der Waals surface area contributed by atoms with Gasteiger partial charge >= 0.3 is 11.9 Å². The van der Waals surface area contributed by atoms with Crippen LogP contribution in [-0.2, 0) is 25.7 Å². The molecule has 1 aromatic rings. The fraction of sp³-hybridized carbons (Fsp3) is 0.780. The zero-order chi connectivity index (χ0) is 42.9. The van der Waals surface area contributed by atoms with Crippen molar-refractivity contribution in [3.05, 3.63) is 46.0 Å². The van der Waals surface area contributed by atoms with Crippen molar-refractivity contribution in [2.24, 2.45) is 56.2 Å². The highest BCUT2D eigenvalue weighted by Crippen LogP contribution is 2.77. The third-order valence-electron chi connectivity index (χ3n) is 18.2. The minimum atomic E-state index is -1.17. The Morgan fingerprint density at radius 2 is 1.61 bits per heavy atom. The second-order valence-corrected chi connectivity index (χ2v) is 22.9. The summed E-state index contributed by atoms with van der Waals surface area (Å²) in [5.41, 5.74) is 1.62. The molecule has 59 heavy (non-hydrogen) atoms. The van der Waals surface area contributed by atoms with Crippen LogP contribution in [0.2, 0.25) is 5.02 Å². The molecule has 2 N–H and O–H groups in total. The van der Waals surface area contributed by atoms with E-state index in [-0.39, 0.29) is 51.8 Å². The van der Waals surface area contributed by atoms with Crippen molar-refractivity contribution in [1.29, 1.82) is 0 Å². The average molecular weight is 836 g/mol. The number of carboxylic acids is 1. The number of likely N-dealkylation sites (tertiary alicyclic amines) is 1. The number of carbonyl (C=O) groups is 3. The summed E-state index contributed by atoms with van der Waals surface area (Å²) in [5.74, 6) is 0.0422. The first-order chi connectivity index (χ1) is 27.6. The summed E-state index contributed by atoms with van der Waals surface area (Å²) in [5, 5.41) is 23.2. The average Bonchev–Trinajstić information content (AvgIpc) is 3.79. The molecule has 0 amide bonds. The smallest absolute Gasteiger partial charge is 0.309 e. The van der Waals surface area contributed by atoms with Crippen LogP contribution in [0, 0.1) is 56.2 Å². The van der Waals surface area contributed by atoms with Gasteiger partial charge in [-0.15, -0.1) is 0 Å². The molecule has 7 rings (SSSR count). The number of nitrogens with zero attached hydrogens (tertiary/aromatic N) is 2. The lowest BCUT2D eigenvalue weighted by atomic mass is 9.33. The summed E-state index contributed by atoms with van der Waals surface area (Å²) >= 11 is 6.29. The van der Waals surface area contributed by atoms with Gasteiger partial charge in [0.1, 0.15) is 6.10 Å². The van der Waals surface area contributed by atoms with Crippen LogP contribution >= 0.6 is 11.6 Å². The van der Waals surface area contributed by atoms with Crippen molar-refractivity contribution in [1.82, 2.24) is 9.80 Å². The Labute approximate surface area is 360 Å². The Balaban J connectivity index is 1.15. The van der Waals surface area contributed by atoms with Gasteiger partial charge in [-0.2, -0.15) is 0 Å². The Kier molecular flexibility index (Phi) is 12.2. The monoisotopic (exact) mass is 835 g/mol. The van der Waals surface area contributed by atoms with E-state index in [0.717, 1.165) is 94.7 Å². The third-order valence-corrected chi connectivity index (χ3v) is 18.4. The third kappa shape index (κ3) is 7.68. The molecule has 9 atom stereocenters. The van der Waals surface area contributed by atoms with Crippen LogP contribution in [0.1, 0.15) is 145 Å². The Bertz CT molecular complexity index is 1800. The highest BCUT2D eigenvalue weighted by Gasteiger charge is 2.71. The molecule has 0 unspecified atom stereocenters. The van der Waals surface area contributed by atoms with Crippen molar-refractivity contribution >= 4 is 29.3 Å². The maximum atomic E-state index is 14.4. The zero-order valence-electron chi connectivity index (χ0n) is 37.8. The van der Waals surface area contributed by atoms with Gasteiger partial charge in [0, 0.05) is 48.5 Å². The molecule has 1 saturated heterocycles. The molecule has 8 nitrogen and oxygen atoms in total. The first kappa shape index (κ1) is 44.8. The van der Waals surface area contributed by atoms with Gasteiger partial charge in [0.2, 0.25) is 0 Å². The fourth-order valence-electron chi connectivity index (χ4n) is 14.7. The number of allylic oxidation sites excluding steroid dienone is 1. The number of fused-ring (bicyclic) bond motifs is 7. The minimum Gasteiger partial charge on any atom is -0.481 e. The van der Waals surface area contributed by atoms with Crippen LogP contribution in [0.25, 0.3) is 0 Å². The van der Waals surface area contributed by atoms with Crippen molar-refractivity contribution in [3.63, 3.8) is 0 Å². The molecule has 0 aromatic heterocycles. The Morgan fingerprint density at radius 3 is 2.25 bits per heavy atom. The summed E-state index contributed by atoms with van der Waals surface area (Å²) in [7, 11) is 0. The predicted molar refractivity (Wildman–Crippen MR) is 234 cm³/mol. The highest BCUT2D eigenvalue weighted by atomic mass is 35.5. The largest absolute Gasteiger partial charge is 0.481 e. The van der Waals surface area contributed by atoms with Crippen molar-refractivity contribution in [3.8, 4) is 0 Å². The minimum absolute atomic E-state index is 0.0260. The van der Waals surface area contributed by atoms with E-state index in [1.165, 1.54) is 24.0 Å². The molecular formula is C50H75ClN2O6. The van der Waals surface area contributed by atoms with E-state index in [1.54, 1.807) is 13.8 Å². The quantitative estimate of drug-likeness (QED) is 0.189. The molecular weight excluding hydrogens is 760 g/mol. The predicted octanol–water partition coefficient (Wildman–Crippen LogP) is 9.99. The van der Waals surface area contributed by atoms with E-state index in [0.29, 0.717) is 24.8 Å². The first-order valence-corrected chi connectivity index (χ1v) is 23.5. The summed E-state index contributed by atoms with van der Waals surface area (Å²) in [6, 6.07) is 8.10. The van der Waals surface area contributed by atoms with Crippen molar-refractivity contribution in [2.45, 2.75) is 158 Å². The highest BCUT2D eigenvalue weighted by molar-refractivity contribution is 6.30. The summed E-state index contributed by atoms with van der Waals surface area (Å²) < 4.78 is 6.21. The molecule has 5 aliphatic carbocycles. The molecule has 9 heteroatoms. The molecule has 5 fully saturated rings. The van der Waals surface area contributed by atoms with Crippen LogP contribution in [0.5, 0.6) is 0 Å². The van der Waals surface area contributed by atoms with E-state index >= 15 is 0 Å². The van der Waals surface area contributed by atoms with Crippen LogP contribution < -0.4 is 0 Å². The topological polar surface area (TPSA) is 107 Å². The normalized spacial score (nSPS) is 36.3. The number of aliphatic hydroxyl groups is 1. The van der Waals surface area contributed by atoms with Crippen LogP contribution in [-0.4, -0.2) is 82.7 Å². The molecule has 4 saturated carbocycles. The lowest BCUT2D eigenvalue weighted by molar-refractivity contribution is -0.235. The van der Waals surface area contributed by atoms with E-state index in [2.05, 4.69) is 70.4 Å². The number of benzene rings is 1. The zero-order valence-corrected chi connectivity index (χ0v) is 38.6. The maximum absolute atomic E-state index is 14.4. The van der Waals surface area contributed by atoms with E-state index < -0.39 is 28.9 Å². The van der Waals surface area contributed by atoms with Gasteiger partial charge in [-0.25, -0.2) is 0 Å². The number of esters is 1. The first-order valence-electron chi connectivity index (χ1n) is 23.2. The summed E-state index contributed by atoms with van der Waals surface area (Å²) in [6.45, 7) is 25.2. The molecule has 0 bridgehead atoms. The van der Waals surface area contributed by atoms with Crippen LogP contribution in [0.15, 0.2) is 35.4 Å². The van der Waals surface area contributed by atoms with Gasteiger partial charge in [-0.1, -0.05) is 77.8 Å². The van der Waals surface area contributed by atoms with Gasteiger partial charge < -0.3 is 19.8 Å². The Morgan fingerprint density at radius 1 is 0.932 bits per heavy atom. The molecule has 0 spiro atoms. The number of ketones is 1. The van der Waals surface area contributed by atoms with Gasteiger partial charge in [0.15, 0.2) is 5.78 Å². The SMILES string of the molecule is CC(C)C1=C2[C@H]3CC[C@@H]4[C@@]5(C)CC[C@H](OC(=O)CC(C)(C)C(=O)O)C(C)(C)[C@@H]5CC[C@@]4(C)[C@]3(C)CC[C@@]2([C@H](O)CN(CCN2CCCC2)Cc2ccc(Cl)cc2)CC1=O. The Hall–Kier alpha value is -2.26. The second-order valence-electron chi connectivity index (χ2n) is 22.5. The standard InChI is InChI=1S/C50H75ClN2O6/c1-32(2)42-36(54)28-50(39(55)31-53(27-26-52-24-10-11-25-52)30-33-12-14-34(51)15-13-33)23-22-48(8)35(43(42)50)16-17-38-47(7)20-19-40(59-41(56)29-45(3,4)44(57)58)46(5,6)37(47)18-21-49(38,48)9/h12-15,32,35,37-40,55H,10-11,16-31H2,1-9H3,(H,57,58)/t35-,37+,38-,39-,40+,47+,48-,49-,50+/m1/s1. The summed E-state index contributed by atoms with van der Waals surface area (Å²) in [4.78, 5) is 44.4. The molecule has 1 heterocycles. The molecule has 0 radical (unpaired) electrons. The number of ether oxygens (including phenoxy) is 1. The number of rotatable bonds is 13. The number of carboxylic acid groups (broad SMARTS) is 1. The lowest BCUT2D eigenvalue weighted by Crippen LogP contribution is -2.66. The number of aliphatic hydroxyl groups excluding tert-OH is 1. The van der Waals surface area contributed by atoms with Crippen LogP contribution in [0.4, 0.5) is 0 Å². The second kappa shape index (κ2) is 16.1. The van der Waals surface area contributed by atoms with Gasteiger partial charge in [0.05, 0.1) is 17.9 Å². The van der Waals surface area contributed by atoms with Gasteiger partial charge in [-0.3, -0.25) is 19.3 Å². The van der Waals surface area contributed by atoms with Crippen molar-refractivity contribution < 1.29 is 29.3 Å². The number of halogens is 1. The summed E-state index contributed by atoms with van der Waals surface area (Å²) in [6.07, 6.45) is 9.72. The van der Waals surface area contributed by atoms with Crippen molar-refractivity contribution in [2.75, 3.05) is 32.7 Å². The number of hydrogen-bond acceptors (Lipinski definition) is 7. The number of Topliss-reactive ketones (excluding diaryl/α,β-unsaturated/α-hetero) is 1.